The molecule has 0 unspecified atom stereocenters. The Kier molecular flexibility index (Phi) is 5.42. The molecule has 0 heterocycles. The normalized spacial score (nSPS) is 10.3. The van der Waals surface area contributed by atoms with Gasteiger partial charge in [0.05, 0.1) is 12.3 Å². The highest BCUT2D eigenvalue weighted by atomic mass is 16.5. The average Bonchev–Trinajstić information content (AvgIpc) is 2.54. The summed E-state index contributed by atoms with van der Waals surface area (Å²) in [7, 11) is 0. The summed E-state index contributed by atoms with van der Waals surface area (Å²) in [5.41, 5.74) is 8.92. The molecule has 0 radical (unpaired) electrons. The lowest BCUT2D eigenvalue weighted by Gasteiger charge is -2.10. The zero-order chi connectivity index (χ0) is 15.9. The molecule has 0 fully saturated rings. The Hall–Kier alpha value is -2.49. The number of carbonyl (C=O) groups is 1. The van der Waals surface area contributed by atoms with Gasteiger partial charge in [-0.25, -0.2) is 0 Å². The second-order valence-corrected chi connectivity index (χ2v) is 5.11. The van der Waals surface area contributed by atoms with Crippen LogP contribution in [0.5, 0.6) is 5.75 Å². The first-order valence-corrected chi connectivity index (χ1v) is 7.56. The fraction of sp³-hybridized carbons (Fsp3) is 0.278. The van der Waals surface area contributed by atoms with Crippen molar-refractivity contribution in [3.05, 3.63) is 53.6 Å². The largest absolute Gasteiger partial charge is 0.491 e. The molecular weight excluding hydrogens is 276 g/mol. The molecule has 0 aliphatic carbocycles. The highest BCUT2D eigenvalue weighted by Crippen LogP contribution is 2.23. The first-order valence-electron chi connectivity index (χ1n) is 7.56. The zero-order valence-electron chi connectivity index (χ0n) is 13.1. The van der Waals surface area contributed by atoms with Crippen LogP contribution < -0.4 is 15.8 Å². The van der Waals surface area contributed by atoms with E-state index in [4.69, 9.17) is 10.5 Å². The third kappa shape index (κ3) is 4.01. The molecule has 22 heavy (non-hydrogen) atoms. The summed E-state index contributed by atoms with van der Waals surface area (Å²) in [6.45, 7) is 4.74. The van der Waals surface area contributed by atoms with Crippen LogP contribution in [0.3, 0.4) is 0 Å². The minimum Gasteiger partial charge on any atom is -0.491 e. The summed E-state index contributed by atoms with van der Waals surface area (Å²) < 4.78 is 5.51. The van der Waals surface area contributed by atoms with E-state index in [2.05, 4.69) is 12.2 Å². The number of aryl methyl sites for hydroxylation is 1. The van der Waals surface area contributed by atoms with Crippen LogP contribution in [0.4, 0.5) is 11.4 Å². The van der Waals surface area contributed by atoms with Gasteiger partial charge in [0.1, 0.15) is 5.75 Å². The van der Waals surface area contributed by atoms with E-state index in [1.165, 1.54) is 5.56 Å². The van der Waals surface area contributed by atoms with Crippen LogP contribution in [0, 0.1) is 0 Å². The van der Waals surface area contributed by atoms with E-state index < -0.39 is 0 Å². The Bertz CT molecular complexity index is 636. The van der Waals surface area contributed by atoms with Crippen molar-refractivity contribution in [1.82, 2.24) is 0 Å². The fourth-order valence-electron chi connectivity index (χ4n) is 2.06. The molecule has 3 N–H and O–H groups in total. The number of rotatable bonds is 6. The van der Waals surface area contributed by atoms with Crippen molar-refractivity contribution >= 4 is 17.3 Å². The monoisotopic (exact) mass is 298 g/mol. The number of nitrogen functional groups attached to an aromatic ring is 1. The smallest absolute Gasteiger partial charge is 0.255 e. The summed E-state index contributed by atoms with van der Waals surface area (Å²) in [6, 6.07) is 12.9. The fourth-order valence-corrected chi connectivity index (χ4v) is 2.06. The van der Waals surface area contributed by atoms with E-state index in [1.54, 1.807) is 18.2 Å². The number of nitrogens with one attached hydrogen (secondary N) is 1. The predicted molar refractivity (Wildman–Crippen MR) is 90.4 cm³/mol. The van der Waals surface area contributed by atoms with Gasteiger partial charge >= 0.3 is 0 Å². The molecule has 0 aliphatic heterocycles. The summed E-state index contributed by atoms with van der Waals surface area (Å²) >= 11 is 0. The number of anilines is 2. The third-order valence-corrected chi connectivity index (χ3v) is 3.35. The number of nitrogens with two attached hydrogens (primary N) is 1. The van der Waals surface area contributed by atoms with Crippen LogP contribution in [0.25, 0.3) is 0 Å². The first-order chi connectivity index (χ1) is 10.6. The lowest BCUT2D eigenvalue weighted by molar-refractivity contribution is 0.102. The maximum absolute atomic E-state index is 12.2. The van der Waals surface area contributed by atoms with Crippen molar-refractivity contribution in [1.29, 1.82) is 0 Å². The lowest BCUT2D eigenvalue weighted by Crippen LogP contribution is -2.12. The van der Waals surface area contributed by atoms with Crippen molar-refractivity contribution in [2.75, 3.05) is 17.7 Å². The molecular formula is C18H22N2O2. The van der Waals surface area contributed by atoms with Crippen molar-refractivity contribution in [2.45, 2.75) is 26.7 Å². The quantitative estimate of drug-likeness (QED) is 0.796. The number of carbonyl (C=O) groups excluding carboxylic acids is 1. The van der Waals surface area contributed by atoms with Crippen LogP contribution in [-0.2, 0) is 6.42 Å². The van der Waals surface area contributed by atoms with Gasteiger partial charge in [0.2, 0.25) is 0 Å². The van der Waals surface area contributed by atoms with E-state index >= 15 is 0 Å². The average molecular weight is 298 g/mol. The van der Waals surface area contributed by atoms with E-state index in [0.29, 0.717) is 23.6 Å². The molecule has 2 aromatic carbocycles. The molecule has 2 aromatic rings. The van der Waals surface area contributed by atoms with Gasteiger partial charge in [-0.05, 0) is 48.7 Å². The Morgan fingerprint density at radius 1 is 1.14 bits per heavy atom. The van der Waals surface area contributed by atoms with Gasteiger partial charge in [-0.15, -0.1) is 0 Å². The number of hydrogen-bond donors (Lipinski definition) is 2. The van der Waals surface area contributed by atoms with Crippen molar-refractivity contribution < 1.29 is 9.53 Å². The molecule has 1 amide bonds. The molecule has 0 bridgehead atoms. The number of ether oxygens (including phenoxy) is 1. The predicted octanol–water partition coefficient (Wildman–Crippen LogP) is 3.87. The van der Waals surface area contributed by atoms with E-state index in [9.17, 15) is 4.79 Å². The maximum atomic E-state index is 12.2. The van der Waals surface area contributed by atoms with Crippen LogP contribution in [0.2, 0.25) is 0 Å². The Labute approximate surface area is 131 Å². The van der Waals surface area contributed by atoms with Gasteiger partial charge in [-0.2, -0.15) is 0 Å². The summed E-state index contributed by atoms with van der Waals surface area (Å²) in [5.74, 6) is 0.434. The molecule has 4 heteroatoms. The highest BCUT2D eigenvalue weighted by molar-refractivity contribution is 6.05. The van der Waals surface area contributed by atoms with Gasteiger partial charge in [0, 0.05) is 11.3 Å². The standard InChI is InChI=1S/C18H22N2O2/c1-3-11-22-17-10-7-14(12-16(17)19)18(21)20-15-8-5-13(4-2)6-9-15/h5-10,12H,3-4,11,19H2,1-2H3,(H,20,21). The minimum atomic E-state index is -0.182. The summed E-state index contributed by atoms with van der Waals surface area (Å²) in [5, 5.41) is 2.86. The SMILES string of the molecule is CCCOc1ccc(C(=O)Nc2ccc(CC)cc2)cc1N. The Balaban J connectivity index is 2.06. The Morgan fingerprint density at radius 2 is 1.86 bits per heavy atom. The molecule has 116 valence electrons. The molecule has 0 saturated heterocycles. The van der Waals surface area contributed by atoms with Gasteiger partial charge in [0.15, 0.2) is 0 Å². The van der Waals surface area contributed by atoms with Gasteiger partial charge < -0.3 is 15.8 Å². The second-order valence-electron chi connectivity index (χ2n) is 5.11. The summed E-state index contributed by atoms with van der Waals surface area (Å²) in [4.78, 5) is 12.2. The zero-order valence-corrected chi connectivity index (χ0v) is 13.1. The molecule has 0 aliphatic rings. The first kappa shape index (κ1) is 15.9. The van der Waals surface area contributed by atoms with Crippen molar-refractivity contribution in [3.63, 3.8) is 0 Å². The van der Waals surface area contributed by atoms with Gasteiger partial charge in [-0.1, -0.05) is 26.0 Å². The number of hydrogen-bond acceptors (Lipinski definition) is 3. The third-order valence-electron chi connectivity index (χ3n) is 3.35. The van der Waals surface area contributed by atoms with Crippen molar-refractivity contribution in [3.8, 4) is 5.75 Å². The highest BCUT2D eigenvalue weighted by Gasteiger charge is 2.09. The molecule has 4 nitrogen and oxygen atoms in total. The van der Waals surface area contributed by atoms with Crippen molar-refractivity contribution in [2.24, 2.45) is 0 Å². The molecule has 2 rings (SSSR count). The Morgan fingerprint density at radius 3 is 2.45 bits per heavy atom. The second kappa shape index (κ2) is 7.50. The maximum Gasteiger partial charge on any atom is 0.255 e. The number of amides is 1. The van der Waals surface area contributed by atoms with Crippen LogP contribution >= 0.6 is 0 Å². The van der Waals surface area contributed by atoms with Crippen LogP contribution in [0.15, 0.2) is 42.5 Å². The molecule has 0 aromatic heterocycles. The molecule has 0 atom stereocenters. The van der Waals surface area contributed by atoms with Crippen LogP contribution in [0.1, 0.15) is 36.2 Å². The lowest BCUT2D eigenvalue weighted by atomic mass is 10.1. The number of benzene rings is 2. The van der Waals surface area contributed by atoms with Crippen LogP contribution in [-0.4, -0.2) is 12.5 Å². The molecule has 0 spiro atoms. The van der Waals surface area contributed by atoms with E-state index in [1.807, 2.05) is 31.2 Å². The topological polar surface area (TPSA) is 64.3 Å². The van der Waals surface area contributed by atoms with E-state index in [0.717, 1.165) is 18.5 Å². The van der Waals surface area contributed by atoms with E-state index in [-0.39, 0.29) is 5.91 Å². The molecule has 0 saturated carbocycles. The van der Waals surface area contributed by atoms with Gasteiger partial charge in [0.25, 0.3) is 5.91 Å². The van der Waals surface area contributed by atoms with Gasteiger partial charge in [-0.3, -0.25) is 4.79 Å². The summed E-state index contributed by atoms with van der Waals surface area (Å²) in [6.07, 6.45) is 1.89. The minimum absolute atomic E-state index is 0.182.